The molecule has 0 aliphatic carbocycles. The average molecular weight is 143 g/mol. The Balaban J connectivity index is 2.31. The van der Waals surface area contributed by atoms with Crippen LogP contribution in [-0.4, -0.2) is 29.9 Å². The van der Waals surface area contributed by atoms with Crippen LogP contribution in [-0.2, 0) is 4.79 Å². The minimum Gasteiger partial charge on any atom is -0.322 e. The molecule has 1 rings (SSSR count). The lowest BCUT2D eigenvalue weighted by Gasteiger charge is -2.35. The highest BCUT2D eigenvalue weighted by molar-refractivity contribution is 5.86. The van der Waals surface area contributed by atoms with Crippen LogP contribution in [0.15, 0.2) is 0 Å². The number of hydrogen-bond donors (Lipinski definition) is 2. The second-order valence-electron chi connectivity index (χ2n) is 2.84. The van der Waals surface area contributed by atoms with Crippen LogP contribution in [0.5, 0.6) is 0 Å². The van der Waals surface area contributed by atoms with Crippen molar-refractivity contribution >= 4 is 5.78 Å². The van der Waals surface area contributed by atoms with Crippen LogP contribution in [0.3, 0.4) is 0 Å². The van der Waals surface area contributed by atoms with E-state index in [0.29, 0.717) is 13.1 Å². The molecule has 4 N–H and O–H groups in total. The van der Waals surface area contributed by atoms with Crippen molar-refractivity contribution in [3.05, 3.63) is 0 Å². The highest BCUT2D eigenvalue weighted by Crippen LogP contribution is 2.12. The van der Waals surface area contributed by atoms with Crippen molar-refractivity contribution in [2.45, 2.75) is 13.0 Å². The lowest BCUT2D eigenvalue weighted by Crippen LogP contribution is -2.56. The van der Waals surface area contributed by atoms with E-state index in [4.69, 9.17) is 11.6 Å². The lowest BCUT2D eigenvalue weighted by atomic mass is 9.93. The maximum atomic E-state index is 11.1. The summed E-state index contributed by atoms with van der Waals surface area (Å²) in [6.07, 6.45) is 0. The first kappa shape index (κ1) is 7.65. The number of Topliss-reactive ketones (excluding diaryl/α,β-unsaturated/α-hetero) is 1. The van der Waals surface area contributed by atoms with Gasteiger partial charge in [0.2, 0.25) is 0 Å². The smallest absolute Gasteiger partial charge is 0.154 e. The molecule has 4 heteroatoms. The molecule has 0 bridgehead atoms. The zero-order chi connectivity index (χ0) is 7.72. The number of ketones is 1. The van der Waals surface area contributed by atoms with E-state index in [-0.39, 0.29) is 17.7 Å². The van der Waals surface area contributed by atoms with Gasteiger partial charge in [-0.3, -0.25) is 10.6 Å². The summed E-state index contributed by atoms with van der Waals surface area (Å²) < 4.78 is 0. The van der Waals surface area contributed by atoms with E-state index < -0.39 is 0 Å². The zero-order valence-corrected chi connectivity index (χ0v) is 6.08. The molecule has 0 unspecified atom stereocenters. The molecule has 1 fully saturated rings. The van der Waals surface area contributed by atoms with Crippen molar-refractivity contribution in [1.82, 2.24) is 5.01 Å². The molecule has 0 radical (unpaired) electrons. The fourth-order valence-corrected chi connectivity index (χ4v) is 1.06. The number of hydrazine groups is 1. The third-order valence-electron chi connectivity index (χ3n) is 1.76. The zero-order valence-electron chi connectivity index (χ0n) is 6.08. The Morgan fingerprint density at radius 3 is 2.50 bits per heavy atom. The minimum absolute atomic E-state index is 0.0880. The maximum Gasteiger partial charge on any atom is 0.154 e. The van der Waals surface area contributed by atoms with Crippen molar-refractivity contribution in [3.8, 4) is 0 Å². The summed E-state index contributed by atoms with van der Waals surface area (Å²) in [6, 6.07) is -0.335. The topological polar surface area (TPSA) is 72.4 Å². The Morgan fingerprint density at radius 2 is 2.20 bits per heavy atom. The average Bonchev–Trinajstić information content (AvgIpc) is 1.79. The molecule has 0 aromatic heterocycles. The molecular formula is C6H13N3O. The summed E-state index contributed by atoms with van der Waals surface area (Å²) in [4.78, 5) is 11.1. The molecule has 0 amide bonds. The third-order valence-corrected chi connectivity index (χ3v) is 1.76. The highest BCUT2D eigenvalue weighted by atomic mass is 16.1. The number of nitrogens with zero attached hydrogens (tertiary/aromatic N) is 1. The highest BCUT2D eigenvalue weighted by Gasteiger charge is 2.31. The summed E-state index contributed by atoms with van der Waals surface area (Å²) in [7, 11) is 0. The summed E-state index contributed by atoms with van der Waals surface area (Å²) in [5.41, 5.74) is 5.38. The Morgan fingerprint density at radius 1 is 1.70 bits per heavy atom. The summed E-state index contributed by atoms with van der Waals surface area (Å²) >= 11 is 0. The Labute approximate surface area is 60.1 Å². The Kier molecular flexibility index (Phi) is 2.03. The van der Waals surface area contributed by atoms with E-state index in [9.17, 15) is 4.79 Å². The van der Waals surface area contributed by atoms with Crippen LogP contribution in [0.2, 0.25) is 0 Å². The van der Waals surface area contributed by atoms with E-state index in [0.717, 1.165) is 0 Å². The molecule has 1 saturated heterocycles. The fraction of sp³-hybridized carbons (Fsp3) is 0.833. The molecule has 1 heterocycles. The Hall–Kier alpha value is -0.450. The minimum atomic E-state index is -0.335. The molecule has 4 nitrogen and oxygen atoms in total. The van der Waals surface area contributed by atoms with Crippen LogP contribution < -0.4 is 11.6 Å². The quantitative estimate of drug-likeness (QED) is 0.472. The van der Waals surface area contributed by atoms with Gasteiger partial charge in [0.25, 0.3) is 0 Å². The molecule has 58 valence electrons. The first-order chi connectivity index (χ1) is 4.61. The normalized spacial score (nSPS) is 23.9. The number of carbonyl (C=O) groups is 1. The number of rotatable bonds is 2. The van der Waals surface area contributed by atoms with Crippen LogP contribution in [0.25, 0.3) is 0 Å². The van der Waals surface area contributed by atoms with Gasteiger partial charge < -0.3 is 5.73 Å². The van der Waals surface area contributed by atoms with Crippen molar-refractivity contribution < 1.29 is 4.79 Å². The standard InChI is InChI=1S/C6H13N3O/c1-4(7)6(10)5-2-9(8)3-5/h4-5H,2-3,7-8H2,1H3/t4-/m0/s1. The van der Waals surface area contributed by atoms with E-state index >= 15 is 0 Å². The predicted octanol–water partition coefficient (Wildman–Crippen LogP) is -1.29. The maximum absolute atomic E-state index is 11.1. The van der Waals surface area contributed by atoms with E-state index in [1.165, 1.54) is 0 Å². The van der Waals surface area contributed by atoms with Crippen LogP contribution in [0.1, 0.15) is 6.92 Å². The number of carbonyl (C=O) groups excluding carboxylic acids is 1. The Bertz CT molecular complexity index is 140. The van der Waals surface area contributed by atoms with Crippen LogP contribution >= 0.6 is 0 Å². The first-order valence-electron chi connectivity index (χ1n) is 3.40. The molecule has 1 aliphatic heterocycles. The van der Waals surface area contributed by atoms with Gasteiger partial charge in [0.05, 0.1) is 6.04 Å². The summed E-state index contributed by atoms with van der Waals surface area (Å²) in [5.74, 6) is 5.56. The van der Waals surface area contributed by atoms with E-state index in [1.807, 2.05) is 0 Å². The molecule has 0 spiro atoms. The second-order valence-corrected chi connectivity index (χ2v) is 2.84. The molecular weight excluding hydrogens is 130 g/mol. The molecule has 0 saturated carbocycles. The van der Waals surface area contributed by atoms with Crippen molar-refractivity contribution in [2.75, 3.05) is 13.1 Å². The molecule has 10 heavy (non-hydrogen) atoms. The SMILES string of the molecule is C[C@H](N)C(=O)C1CN(N)C1. The predicted molar refractivity (Wildman–Crippen MR) is 37.9 cm³/mol. The summed E-state index contributed by atoms with van der Waals surface area (Å²) in [6.45, 7) is 3.04. The fourth-order valence-electron chi connectivity index (χ4n) is 1.06. The van der Waals surface area contributed by atoms with Gasteiger partial charge in [-0.15, -0.1) is 0 Å². The van der Waals surface area contributed by atoms with Gasteiger partial charge in [-0.25, -0.2) is 5.01 Å². The first-order valence-corrected chi connectivity index (χ1v) is 3.40. The molecule has 0 aromatic rings. The lowest BCUT2D eigenvalue weighted by molar-refractivity contribution is -0.129. The van der Waals surface area contributed by atoms with Crippen LogP contribution in [0.4, 0.5) is 0 Å². The van der Waals surface area contributed by atoms with Crippen molar-refractivity contribution in [3.63, 3.8) is 0 Å². The second kappa shape index (κ2) is 2.65. The van der Waals surface area contributed by atoms with Gasteiger partial charge in [-0.2, -0.15) is 0 Å². The van der Waals surface area contributed by atoms with Crippen molar-refractivity contribution in [2.24, 2.45) is 17.5 Å². The number of nitrogens with two attached hydrogens (primary N) is 2. The molecule has 1 atom stereocenters. The van der Waals surface area contributed by atoms with Gasteiger partial charge in [0.15, 0.2) is 5.78 Å². The number of hydrogen-bond acceptors (Lipinski definition) is 4. The van der Waals surface area contributed by atoms with E-state index in [1.54, 1.807) is 11.9 Å². The third kappa shape index (κ3) is 1.34. The van der Waals surface area contributed by atoms with Gasteiger partial charge in [0.1, 0.15) is 0 Å². The monoisotopic (exact) mass is 143 g/mol. The largest absolute Gasteiger partial charge is 0.322 e. The van der Waals surface area contributed by atoms with Gasteiger partial charge in [0, 0.05) is 19.0 Å². The molecule has 1 aliphatic rings. The van der Waals surface area contributed by atoms with E-state index in [2.05, 4.69) is 0 Å². The molecule has 0 aromatic carbocycles. The van der Waals surface area contributed by atoms with Gasteiger partial charge >= 0.3 is 0 Å². The van der Waals surface area contributed by atoms with Crippen LogP contribution in [0, 0.1) is 5.92 Å². The van der Waals surface area contributed by atoms with Crippen molar-refractivity contribution in [1.29, 1.82) is 0 Å². The van der Waals surface area contributed by atoms with Gasteiger partial charge in [-0.05, 0) is 6.92 Å². The summed E-state index contributed by atoms with van der Waals surface area (Å²) in [5, 5.41) is 1.62. The van der Waals surface area contributed by atoms with Gasteiger partial charge in [-0.1, -0.05) is 0 Å².